The van der Waals surface area contributed by atoms with E-state index < -0.39 is 0 Å². The minimum Gasteiger partial charge on any atom is -0.454 e. The van der Waals surface area contributed by atoms with Crippen LogP contribution in [0.4, 0.5) is 0 Å². The van der Waals surface area contributed by atoms with Gasteiger partial charge >= 0.3 is 0 Å². The molecule has 0 radical (unpaired) electrons. The minimum absolute atomic E-state index is 0.0833. The van der Waals surface area contributed by atoms with Crippen molar-refractivity contribution in [2.24, 2.45) is 0 Å². The normalized spacial score (nSPS) is 15.1. The first-order valence-corrected chi connectivity index (χ1v) is 9.25. The Morgan fingerprint density at radius 3 is 2.45 bits per heavy atom. The summed E-state index contributed by atoms with van der Waals surface area (Å²) in [6.45, 7) is 2.47. The second kappa shape index (κ2) is 6.10. The highest BCUT2D eigenvalue weighted by Gasteiger charge is 2.22. The number of hydrogen-bond donors (Lipinski definition) is 0. The molecule has 8 heteroatoms. The number of ether oxygens (including phenoxy) is 4. The number of fused-ring (bicyclic) bond motifs is 3. The lowest BCUT2D eigenvalue weighted by atomic mass is 10.0. The van der Waals surface area contributed by atoms with Crippen LogP contribution >= 0.6 is 0 Å². The summed E-state index contributed by atoms with van der Waals surface area (Å²) in [5.74, 6) is 3.51. The maximum Gasteiger partial charge on any atom is 0.231 e. The Labute approximate surface area is 165 Å². The zero-order valence-corrected chi connectivity index (χ0v) is 15.5. The van der Waals surface area contributed by atoms with E-state index in [0.717, 1.165) is 27.9 Å². The molecule has 1 atom stereocenters. The molecule has 0 aliphatic carbocycles. The van der Waals surface area contributed by atoms with Crippen molar-refractivity contribution >= 4 is 10.9 Å². The number of imidazole rings is 1. The molecule has 0 bridgehead atoms. The molecule has 144 valence electrons. The van der Waals surface area contributed by atoms with Crippen molar-refractivity contribution in [3.63, 3.8) is 0 Å². The van der Waals surface area contributed by atoms with Crippen LogP contribution in [0.1, 0.15) is 18.8 Å². The van der Waals surface area contributed by atoms with Crippen molar-refractivity contribution in [1.82, 2.24) is 19.5 Å². The summed E-state index contributed by atoms with van der Waals surface area (Å²) in [6, 6.07) is 9.58. The van der Waals surface area contributed by atoms with E-state index in [0.29, 0.717) is 23.1 Å². The van der Waals surface area contributed by atoms with Gasteiger partial charge in [-0.1, -0.05) is 0 Å². The van der Waals surface area contributed by atoms with Crippen molar-refractivity contribution in [3.05, 3.63) is 54.9 Å². The van der Waals surface area contributed by atoms with Gasteiger partial charge in [-0.15, -0.1) is 0 Å². The molecule has 2 aromatic heterocycles. The lowest BCUT2D eigenvalue weighted by Crippen LogP contribution is -2.10. The van der Waals surface area contributed by atoms with Crippen LogP contribution in [0.5, 0.6) is 23.0 Å². The van der Waals surface area contributed by atoms with Gasteiger partial charge in [0.05, 0.1) is 23.6 Å². The second-order valence-electron chi connectivity index (χ2n) is 6.91. The first-order chi connectivity index (χ1) is 14.3. The summed E-state index contributed by atoms with van der Waals surface area (Å²) >= 11 is 0. The molecule has 0 saturated carbocycles. The van der Waals surface area contributed by atoms with E-state index in [9.17, 15) is 0 Å². The van der Waals surface area contributed by atoms with Gasteiger partial charge in [0.2, 0.25) is 13.6 Å². The lowest BCUT2D eigenvalue weighted by Gasteiger charge is -2.15. The molecular formula is C21H16N4O4. The Kier molecular flexibility index (Phi) is 3.40. The number of hydrogen-bond acceptors (Lipinski definition) is 7. The SMILES string of the molecule is CC(c1nc(-c2ccc3c(c2)OCO3)c2cc3c(cc2n1)OCO3)n1ccnc1. The Bertz CT molecular complexity index is 1240. The molecule has 0 fully saturated rings. The number of nitrogens with zero attached hydrogens (tertiary/aromatic N) is 4. The van der Waals surface area contributed by atoms with Gasteiger partial charge in [0.15, 0.2) is 28.8 Å². The van der Waals surface area contributed by atoms with E-state index in [2.05, 4.69) is 4.98 Å². The van der Waals surface area contributed by atoms with Gasteiger partial charge in [-0.3, -0.25) is 0 Å². The largest absolute Gasteiger partial charge is 0.454 e. The van der Waals surface area contributed by atoms with Gasteiger partial charge < -0.3 is 23.5 Å². The first-order valence-electron chi connectivity index (χ1n) is 9.25. The van der Waals surface area contributed by atoms with Gasteiger partial charge in [-0.2, -0.15) is 0 Å². The van der Waals surface area contributed by atoms with Crippen molar-refractivity contribution < 1.29 is 18.9 Å². The summed E-state index contributed by atoms with van der Waals surface area (Å²) in [5.41, 5.74) is 2.51. The molecule has 2 aliphatic rings. The molecule has 2 aliphatic heterocycles. The fourth-order valence-electron chi connectivity index (χ4n) is 3.62. The highest BCUT2D eigenvalue weighted by Crippen LogP contribution is 2.41. The quantitative estimate of drug-likeness (QED) is 0.531. The van der Waals surface area contributed by atoms with Crippen molar-refractivity contribution in [1.29, 1.82) is 0 Å². The fraction of sp³-hybridized carbons (Fsp3) is 0.190. The average molecular weight is 388 g/mol. The standard InChI is InChI=1S/C21H16N4O4/c1-12(25-5-4-22-9-25)21-23-15-8-19-18(28-11-29-19)7-14(15)20(24-21)13-2-3-16-17(6-13)27-10-26-16/h2-9,12H,10-11H2,1H3. The molecule has 4 aromatic rings. The van der Waals surface area contributed by atoms with E-state index >= 15 is 0 Å². The molecule has 8 nitrogen and oxygen atoms in total. The van der Waals surface area contributed by atoms with Crippen LogP contribution in [0.2, 0.25) is 0 Å². The summed E-state index contributed by atoms with van der Waals surface area (Å²) in [5, 5.41) is 0.884. The van der Waals surface area contributed by atoms with Gasteiger partial charge in [-0.05, 0) is 31.2 Å². The number of rotatable bonds is 3. The Hall–Kier alpha value is -3.81. The lowest BCUT2D eigenvalue weighted by molar-refractivity contribution is 0.173. The topological polar surface area (TPSA) is 80.5 Å². The highest BCUT2D eigenvalue weighted by atomic mass is 16.7. The highest BCUT2D eigenvalue weighted by molar-refractivity contribution is 5.95. The van der Waals surface area contributed by atoms with Gasteiger partial charge in [0, 0.05) is 29.4 Å². The molecule has 29 heavy (non-hydrogen) atoms. The molecule has 0 amide bonds. The Morgan fingerprint density at radius 1 is 0.897 bits per heavy atom. The van der Waals surface area contributed by atoms with Crippen molar-refractivity contribution in [3.8, 4) is 34.3 Å². The van der Waals surface area contributed by atoms with Crippen LogP contribution in [0.15, 0.2) is 49.1 Å². The predicted octanol–water partition coefficient (Wildman–Crippen LogP) is 3.56. The van der Waals surface area contributed by atoms with E-state index in [1.807, 2.05) is 48.0 Å². The van der Waals surface area contributed by atoms with Gasteiger partial charge in [0.1, 0.15) is 0 Å². The first kappa shape index (κ1) is 16.2. The maximum atomic E-state index is 5.57. The van der Waals surface area contributed by atoms with Crippen LogP contribution < -0.4 is 18.9 Å². The average Bonchev–Trinajstić information content (AvgIpc) is 3.51. The van der Waals surface area contributed by atoms with Crippen molar-refractivity contribution in [2.45, 2.75) is 13.0 Å². The second-order valence-corrected chi connectivity index (χ2v) is 6.91. The van der Waals surface area contributed by atoms with E-state index in [-0.39, 0.29) is 19.6 Å². The zero-order valence-electron chi connectivity index (χ0n) is 15.5. The molecule has 0 saturated heterocycles. The fourth-order valence-corrected chi connectivity index (χ4v) is 3.62. The number of aromatic nitrogens is 4. The van der Waals surface area contributed by atoms with E-state index in [1.165, 1.54) is 0 Å². The molecule has 2 aromatic carbocycles. The smallest absolute Gasteiger partial charge is 0.231 e. The van der Waals surface area contributed by atoms with Crippen LogP contribution in [0.25, 0.3) is 22.2 Å². The van der Waals surface area contributed by atoms with Gasteiger partial charge in [-0.25, -0.2) is 15.0 Å². The van der Waals surface area contributed by atoms with Gasteiger partial charge in [0.25, 0.3) is 0 Å². The predicted molar refractivity (Wildman–Crippen MR) is 103 cm³/mol. The summed E-state index contributed by atoms with van der Waals surface area (Å²) < 4.78 is 24.1. The minimum atomic E-state index is -0.0833. The molecule has 1 unspecified atom stereocenters. The van der Waals surface area contributed by atoms with E-state index in [4.69, 9.17) is 28.9 Å². The molecular weight excluding hydrogens is 372 g/mol. The molecule has 0 N–H and O–H groups in total. The van der Waals surface area contributed by atoms with Crippen LogP contribution in [-0.2, 0) is 0 Å². The molecule has 4 heterocycles. The van der Waals surface area contributed by atoms with Crippen LogP contribution in [0, 0.1) is 0 Å². The zero-order chi connectivity index (χ0) is 19.4. The summed E-state index contributed by atoms with van der Waals surface area (Å²) in [7, 11) is 0. The Morgan fingerprint density at radius 2 is 1.66 bits per heavy atom. The van der Waals surface area contributed by atoms with Crippen LogP contribution in [-0.4, -0.2) is 33.1 Å². The third-order valence-electron chi connectivity index (χ3n) is 5.20. The Balaban J connectivity index is 1.59. The molecule has 6 rings (SSSR count). The summed E-state index contributed by atoms with van der Waals surface area (Å²) in [6.07, 6.45) is 5.41. The monoisotopic (exact) mass is 388 g/mol. The summed E-state index contributed by atoms with van der Waals surface area (Å²) in [4.78, 5) is 13.9. The third-order valence-corrected chi connectivity index (χ3v) is 5.20. The number of benzene rings is 2. The van der Waals surface area contributed by atoms with Crippen molar-refractivity contribution in [2.75, 3.05) is 13.6 Å². The van der Waals surface area contributed by atoms with Crippen LogP contribution in [0.3, 0.4) is 0 Å². The maximum absolute atomic E-state index is 5.57. The van der Waals surface area contributed by atoms with E-state index in [1.54, 1.807) is 12.5 Å². The third kappa shape index (κ3) is 2.56. The molecule has 0 spiro atoms.